The largest absolute Gasteiger partial charge is 0.463 e. The number of ether oxygens (including phenoxy) is 1. The van der Waals surface area contributed by atoms with Gasteiger partial charge in [0.25, 0.3) is 0 Å². The first-order chi connectivity index (χ1) is 8.34. The van der Waals surface area contributed by atoms with Crippen molar-refractivity contribution in [2.75, 3.05) is 20.2 Å². The number of carbonyl (C=O) groups is 2. The summed E-state index contributed by atoms with van der Waals surface area (Å²) in [6.07, 6.45) is 1.76. The van der Waals surface area contributed by atoms with Crippen LogP contribution in [0.2, 0.25) is 0 Å². The molecule has 18 heavy (non-hydrogen) atoms. The van der Waals surface area contributed by atoms with Gasteiger partial charge in [-0.05, 0) is 19.8 Å². The Morgan fingerprint density at radius 1 is 1.39 bits per heavy atom. The molecular formula is C13H24N2O3. The number of hydrogen-bond donors (Lipinski definition) is 1. The highest BCUT2D eigenvalue weighted by Gasteiger charge is 2.21. The molecule has 0 aliphatic heterocycles. The first-order valence-electron chi connectivity index (χ1n) is 6.16. The molecule has 0 rings (SSSR count). The van der Waals surface area contributed by atoms with Gasteiger partial charge in [0.2, 0.25) is 5.91 Å². The van der Waals surface area contributed by atoms with Gasteiger partial charge in [-0.15, -0.1) is 0 Å². The molecule has 0 fully saturated rings. The molecule has 0 saturated carbocycles. The Hall–Kier alpha value is -1.36. The summed E-state index contributed by atoms with van der Waals surface area (Å²) in [5.41, 5.74) is 5.85. The van der Waals surface area contributed by atoms with E-state index >= 15 is 0 Å². The molecule has 104 valence electrons. The normalized spacial score (nSPS) is 13.4. The molecule has 5 heteroatoms. The predicted octanol–water partition coefficient (Wildman–Crippen LogP) is 0.937. The molecule has 1 unspecified atom stereocenters. The number of amides is 1. The highest BCUT2D eigenvalue weighted by molar-refractivity contribution is 5.88. The lowest BCUT2D eigenvalue weighted by atomic mass is 10.00. The van der Waals surface area contributed by atoms with Crippen molar-refractivity contribution in [1.29, 1.82) is 0 Å². The van der Waals surface area contributed by atoms with Crippen LogP contribution in [0.5, 0.6) is 0 Å². The summed E-state index contributed by atoms with van der Waals surface area (Å²) in [4.78, 5) is 24.7. The Labute approximate surface area is 109 Å². The van der Waals surface area contributed by atoms with Crippen LogP contribution in [0.3, 0.4) is 0 Å². The number of rotatable bonds is 6. The van der Waals surface area contributed by atoms with Crippen LogP contribution in [-0.4, -0.2) is 43.0 Å². The van der Waals surface area contributed by atoms with Crippen LogP contribution in [0.15, 0.2) is 11.6 Å². The van der Waals surface area contributed by atoms with E-state index in [0.29, 0.717) is 12.2 Å². The molecule has 0 aromatic heterocycles. The van der Waals surface area contributed by atoms with E-state index in [9.17, 15) is 9.59 Å². The molecule has 0 aliphatic carbocycles. The van der Waals surface area contributed by atoms with Gasteiger partial charge in [0.15, 0.2) is 0 Å². The molecule has 0 bridgehead atoms. The molecule has 5 nitrogen and oxygen atoms in total. The van der Waals surface area contributed by atoms with Gasteiger partial charge in [-0.2, -0.15) is 0 Å². The van der Waals surface area contributed by atoms with E-state index in [0.717, 1.165) is 0 Å². The lowest BCUT2D eigenvalue weighted by Crippen LogP contribution is -2.42. The van der Waals surface area contributed by atoms with E-state index in [4.69, 9.17) is 10.5 Å². The zero-order valence-corrected chi connectivity index (χ0v) is 11.9. The maximum Gasteiger partial charge on any atom is 0.333 e. The van der Waals surface area contributed by atoms with Crippen molar-refractivity contribution in [3.63, 3.8) is 0 Å². The minimum Gasteiger partial charge on any atom is -0.463 e. The van der Waals surface area contributed by atoms with E-state index < -0.39 is 0 Å². The molecular weight excluding hydrogens is 232 g/mol. The van der Waals surface area contributed by atoms with Crippen molar-refractivity contribution >= 4 is 11.9 Å². The van der Waals surface area contributed by atoms with Crippen LogP contribution < -0.4 is 5.73 Å². The SMILES string of the molecule is CCOC(=O)/C(C)=C/C(C(C)C)N(C)C(=O)CN. The Kier molecular flexibility index (Phi) is 7.27. The number of hydrogen-bond acceptors (Lipinski definition) is 4. The maximum absolute atomic E-state index is 11.6. The second kappa shape index (κ2) is 7.87. The molecule has 1 amide bonds. The van der Waals surface area contributed by atoms with Gasteiger partial charge in [-0.1, -0.05) is 19.9 Å². The Morgan fingerprint density at radius 2 is 1.94 bits per heavy atom. The summed E-state index contributed by atoms with van der Waals surface area (Å²) in [7, 11) is 1.69. The number of nitrogens with zero attached hydrogens (tertiary/aromatic N) is 1. The van der Waals surface area contributed by atoms with Crippen LogP contribution in [0.4, 0.5) is 0 Å². The van der Waals surface area contributed by atoms with Crippen molar-refractivity contribution < 1.29 is 14.3 Å². The van der Waals surface area contributed by atoms with E-state index in [1.54, 1.807) is 31.9 Å². The summed E-state index contributed by atoms with van der Waals surface area (Å²) in [5, 5.41) is 0. The molecule has 1 atom stereocenters. The van der Waals surface area contributed by atoms with E-state index in [1.165, 1.54) is 0 Å². The van der Waals surface area contributed by atoms with Crippen LogP contribution in [0.1, 0.15) is 27.7 Å². The van der Waals surface area contributed by atoms with Crippen LogP contribution in [0, 0.1) is 5.92 Å². The number of carbonyl (C=O) groups excluding carboxylic acids is 2. The quantitative estimate of drug-likeness (QED) is 0.567. The molecule has 0 spiro atoms. The van der Waals surface area contributed by atoms with Gasteiger partial charge >= 0.3 is 5.97 Å². The standard InChI is InChI=1S/C13H24N2O3/c1-6-18-13(17)10(4)7-11(9(2)3)15(5)12(16)8-14/h7,9,11H,6,8,14H2,1-5H3/b10-7+. The zero-order valence-electron chi connectivity index (χ0n) is 11.9. The first kappa shape index (κ1) is 16.6. The van der Waals surface area contributed by atoms with Crippen LogP contribution in [-0.2, 0) is 14.3 Å². The smallest absolute Gasteiger partial charge is 0.333 e. The Bertz CT molecular complexity index is 324. The maximum atomic E-state index is 11.6. The van der Waals surface area contributed by atoms with Gasteiger partial charge in [0.1, 0.15) is 0 Å². The van der Waals surface area contributed by atoms with Gasteiger partial charge < -0.3 is 15.4 Å². The van der Waals surface area contributed by atoms with E-state index in [-0.39, 0.29) is 30.4 Å². The third-order valence-corrected chi connectivity index (χ3v) is 2.72. The highest BCUT2D eigenvalue weighted by atomic mass is 16.5. The fourth-order valence-corrected chi connectivity index (χ4v) is 1.63. The zero-order chi connectivity index (χ0) is 14.3. The number of nitrogens with two attached hydrogens (primary N) is 1. The van der Waals surface area contributed by atoms with Crippen molar-refractivity contribution in [3.8, 4) is 0 Å². The van der Waals surface area contributed by atoms with Crippen molar-refractivity contribution in [2.24, 2.45) is 11.7 Å². The molecule has 0 aliphatic rings. The molecule has 0 aromatic rings. The minimum absolute atomic E-state index is 0.0357. The van der Waals surface area contributed by atoms with Crippen molar-refractivity contribution in [3.05, 3.63) is 11.6 Å². The predicted molar refractivity (Wildman–Crippen MR) is 70.8 cm³/mol. The number of likely N-dealkylation sites (N-methyl/N-ethyl adjacent to an activating group) is 1. The first-order valence-corrected chi connectivity index (χ1v) is 6.16. The second-order valence-corrected chi connectivity index (χ2v) is 4.51. The molecule has 2 N–H and O–H groups in total. The summed E-state index contributed by atoms with van der Waals surface area (Å²) in [6.45, 7) is 7.73. The van der Waals surface area contributed by atoms with Crippen LogP contribution >= 0.6 is 0 Å². The average molecular weight is 256 g/mol. The van der Waals surface area contributed by atoms with Gasteiger partial charge in [0, 0.05) is 12.6 Å². The fourth-order valence-electron chi connectivity index (χ4n) is 1.63. The second-order valence-electron chi connectivity index (χ2n) is 4.51. The topological polar surface area (TPSA) is 72.6 Å². The van der Waals surface area contributed by atoms with Gasteiger partial charge in [-0.3, -0.25) is 4.79 Å². The molecule has 0 aromatic carbocycles. The fraction of sp³-hybridized carbons (Fsp3) is 0.692. The highest BCUT2D eigenvalue weighted by Crippen LogP contribution is 2.13. The lowest BCUT2D eigenvalue weighted by molar-refractivity contribution is -0.138. The molecule has 0 heterocycles. The van der Waals surface area contributed by atoms with Gasteiger partial charge in [0.05, 0.1) is 19.2 Å². The third kappa shape index (κ3) is 4.87. The third-order valence-electron chi connectivity index (χ3n) is 2.72. The molecule has 0 radical (unpaired) electrons. The summed E-state index contributed by atoms with van der Waals surface area (Å²) in [5.74, 6) is -0.312. The van der Waals surface area contributed by atoms with E-state index in [2.05, 4.69) is 0 Å². The molecule has 0 saturated heterocycles. The van der Waals surface area contributed by atoms with Crippen molar-refractivity contribution in [1.82, 2.24) is 4.90 Å². The average Bonchev–Trinajstić information content (AvgIpc) is 2.33. The monoisotopic (exact) mass is 256 g/mol. The Balaban J connectivity index is 4.97. The lowest BCUT2D eigenvalue weighted by Gasteiger charge is -2.29. The summed E-state index contributed by atoms with van der Waals surface area (Å²) >= 11 is 0. The van der Waals surface area contributed by atoms with Crippen LogP contribution in [0.25, 0.3) is 0 Å². The number of esters is 1. The summed E-state index contributed by atoms with van der Waals surface area (Å²) < 4.78 is 4.92. The summed E-state index contributed by atoms with van der Waals surface area (Å²) in [6, 6.07) is -0.162. The Morgan fingerprint density at radius 3 is 2.33 bits per heavy atom. The van der Waals surface area contributed by atoms with Crippen molar-refractivity contribution in [2.45, 2.75) is 33.7 Å². The minimum atomic E-state index is -0.350. The van der Waals surface area contributed by atoms with Gasteiger partial charge in [-0.25, -0.2) is 4.79 Å². The van der Waals surface area contributed by atoms with E-state index in [1.807, 2.05) is 13.8 Å².